The van der Waals surface area contributed by atoms with Gasteiger partial charge in [-0.15, -0.1) is 0 Å². The van der Waals surface area contributed by atoms with Gasteiger partial charge in [0.15, 0.2) is 28.8 Å². The Hall–Kier alpha value is -2.41. The molecule has 1 aliphatic rings. The smallest absolute Gasteiger partial charge is 0.173 e. The molecular weight excluding hydrogens is 392 g/mol. The Morgan fingerprint density at radius 2 is 2.04 bits per heavy atom. The third kappa shape index (κ3) is 3.51. The molecule has 3 rings (SSSR count). The highest BCUT2D eigenvalue weighted by Crippen LogP contribution is 2.44. The molecule has 1 aliphatic heterocycles. The van der Waals surface area contributed by atoms with Crippen molar-refractivity contribution in [1.82, 2.24) is 0 Å². The SMILES string of the molecule is COc1ccc([C@H]2CC(=O)c3cc(O)cc(OCCBr)c3O2)cc1O. The van der Waals surface area contributed by atoms with Crippen molar-refractivity contribution in [3.63, 3.8) is 0 Å². The molecule has 0 saturated carbocycles. The van der Waals surface area contributed by atoms with E-state index in [2.05, 4.69) is 15.9 Å². The first-order chi connectivity index (χ1) is 12.0. The van der Waals surface area contributed by atoms with Crippen LogP contribution in [0.1, 0.15) is 28.4 Å². The lowest BCUT2D eigenvalue weighted by Crippen LogP contribution is -2.21. The number of halogens is 1. The molecule has 0 bridgehead atoms. The summed E-state index contributed by atoms with van der Waals surface area (Å²) in [5, 5.41) is 20.4. The summed E-state index contributed by atoms with van der Waals surface area (Å²) in [5.74, 6) is 0.711. The number of benzene rings is 2. The molecule has 1 atom stereocenters. The third-order valence-electron chi connectivity index (χ3n) is 3.88. The highest BCUT2D eigenvalue weighted by atomic mass is 79.9. The number of hydrogen-bond donors (Lipinski definition) is 2. The Morgan fingerprint density at radius 3 is 2.72 bits per heavy atom. The zero-order valence-corrected chi connectivity index (χ0v) is 15.1. The van der Waals surface area contributed by atoms with Gasteiger partial charge in [-0.05, 0) is 23.8 Å². The van der Waals surface area contributed by atoms with E-state index in [-0.39, 0.29) is 23.7 Å². The van der Waals surface area contributed by atoms with Crippen molar-refractivity contribution >= 4 is 21.7 Å². The normalized spacial score (nSPS) is 16.1. The van der Waals surface area contributed by atoms with Crippen LogP contribution in [-0.2, 0) is 0 Å². The molecule has 132 valence electrons. The Bertz CT molecular complexity index is 804. The number of ether oxygens (including phenoxy) is 3. The van der Waals surface area contributed by atoms with Crippen LogP contribution in [0, 0.1) is 0 Å². The Morgan fingerprint density at radius 1 is 1.24 bits per heavy atom. The van der Waals surface area contributed by atoms with Gasteiger partial charge in [0.1, 0.15) is 11.9 Å². The fraction of sp³-hybridized carbons (Fsp3) is 0.278. The van der Waals surface area contributed by atoms with Gasteiger partial charge in [-0.25, -0.2) is 0 Å². The number of Topliss-reactive ketones (excluding diaryl/α,β-unsaturated/α-hetero) is 1. The molecule has 25 heavy (non-hydrogen) atoms. The lowest BCUT2D eigenvalue weighted by Gasteiger charge is -2.27. The number of phenolic OH excluding ortho intramolecular Hbond substituents is 2. The number of carbonyl (C=O) groups excluding carboxylic acids is 1. The van der Waals surface area contributed by atoms with Crippen molar-refractivity contribution in [2.75, 3.05) is 19.0 Å². The van der Waals surface area contributed by atoms with Crippen LogP contribution in [0.25, 0.3) is 0 Å². The molecule has 0 aromatic heterocycles. The van der Waals surface area contributed by atoms with Crippen molar-refractivity contribution in [1.29, 1.82) is 0 Å². The van der Waals surface area contributed by atoms with Crippen LogP contribution in [0.3, 0.4) is 0 Å². The highest BCUT2D eigenvalue weighted by Gasteiger charge is 2.31. The lowest BCUT2D eigenvalue weighted by molar-refractivity contribution is 0.0839. The van der Waals surface area contributed by atoms with E-state index in [1.165, 1.54) is 25.3 Å². The monoisotopic (exact) mass is 408 g/mol. The van der Waals surface area contributed by atoms with Gasteiger partial charge in [0.05, 0.1) is 25.7 Å². The zero-order chi connectivity index (χ0) is 18.0. The standard InChI is InChI=1S/C18H17BrO6/c1-23-15-3-2-10(6-14(15)22)16-9-13(21)12-7-11(20)8-17(18(12)25-16)24-5-4-19/h2-3,6-8,16,20,22H,4-5,9H2,1H3/t16-/m1/s1. The van der Waals surface area contributed by atoms with Crippen LogP contribution in [-0.4, -0.2) is 35.0 Å². The average molecular weight is 409 g/mol. The number of hydrogen-bond acceptors (Lipinski definition) is 6. The first-order valence-corrected chi connectivity index (χ1v) is 8.78. The fourth-order valence-electron chi connectivity index (χ4n) is 2.73. The van der Waals surface area contributed by atoms with Crippen LogP contribution in [0.2, 0.25) is 0 Å². The molecule has 2 aromatic carbocycles. The van der Waals surface area contributed by atoms with E-state index in [9.17, 15) is 15.0 Å². The summed E-state index contributed by atoms with van der Waals surface area (Å²) in [6.07, 6.45) is -0.465. The first kappa shape index (κ1) is 17.4. The molecule has 7 heteroatoms. The Kier molecular flexibility index (Phi) is 5.03. The predicted molar refractivity (Wildman–Crippen MR) is 94.4 cm³/mol. The summed E-state index contributed by atoms with van der Waals surface area (Å²) >= 11 is 3.27. The molecule has 0 unspecified atom stereocenters. The molecule has 0 saturated heterocycles. The van der Waals surface area contributed by atoms with E-state index >= 15 is 0 Å². The van der Waals surface area contributed by atoms with E-state index in [0.29, 0.717) is 40.3 Å². The number of methoxy groups -OCH3 is 1. The summed E-state index contributed by atoms with van der Waals surface area (Å²) in [4.78, 5) is 12.5. The van der Waals surface area contributed by atoms with Gasteiger partial charge in [0, 0.05) is 11.4 Å². The second kappa shape index (κ2) is 7.23. The van der Waals surface area contributed by atoms with Crippen LogP contribution >= 0.6 is 15.9 Å². The van der Waals surface area contributed by atoms with Crippen LogP contribution in [0.5, 0.6) is 28.7 Å². The van der Waals surface area contributed by atoms with Gasteiger partial charge in [0.2, 0.25) is 0 Å². The van der Waals surface area contributed by atoms with Crippen LogP contribution in [0.4, 0.5) is 0 Å². The largest absolute Gasteiger partial charge is 0.508 e. The molecule has 0 radical (unpaired) electrons. The van der Waals surface area contributed by atoms with Gasteiger partial charge in [-0.1, -0.05) is 22.0 Å². The van der Waals surface area contributed by atoms with Crippen LogP contribution < -0.4 is 14.2 Å². The summed E-state index contributed by atoms with van der Waals surface area (Å²) in [7, 11) is 1.46. The topological polar surface area (TPSA) is 85.2 Å². The van der Waals surface area contributed by atoms with Crippen molar-refractivity contribution < 1.29 is 29.2 Å². The van der Waals surface area contributed by atoms with Crippen molar-refractivity contribution in [2.24, 2.45) is 0 Å². The number of carbonyl (C=O) groups is 1. The molecule has 2 aromatic rings. The molecule has 0 amide bonds. The van der Waals surface area contributed by atoms with Crippen LogP contribution in [0.15, 0.2) is 30.3 Å². The molecule has 6 nitrogen and oxygen atoms in total. The molecule has 2 N–H and O–H groups in total. The van der Waals surface area contributed by atoms with Crippen molar-refractivity contribution in [3.05, 3.63) is 41.5 Å². The van der Waals surface area contributed by atoms with E-state index in [0.717, 1.165) is 0 Å². The van der Waals surface area contributed by atoms with Gasteiger partial charge in [-0.2, -0.15) is 0 Å². The minimum Gasteiger partial charge on any atom is -0.508 e. The third-order valence-corrected chi connectivity index (χ3v) is 4.20. The van der Waals surface area contributed by atoms with E-state index in [4.69, 9.17) is 14.2 Å². The van der Waals surface area contributed by atoms with E-state index < -0.39 is 6.10 Å². The number of phenols is 2. The lowest BCUT2D eigenvalue weighted by atomic mass is 9.95. The number of ketones is 1. The summed E-state index contributed by atoms with van der Waals surface area (Å²) < 4.78 is 16.6. The predicted octanol–water partition coefficient (Wildman–Crippen LogP) is 3.59. The van der Waals surface area contributed by atoms with Gasteiger partial charge >= 0.3 is 0 Å². The molecule has 1 heterocycles. The second-order valence-corrected chi connectivity index (χ2v) is 6.32. The first-order valence-electron chi connectivity index (χ1n) is 7.66. The van der Waals surface area contributed by atoms with Crippen molar-refractivity contribution in [2.45, 2.75) is 12.5 Å². The minimum absolute atomic E-state index is 0.0247. The molecule has 0 fully saturated rings. The van der Waals surface area contributed by atoms with Gasteiger partial charge < -0.3 is 24.4 Å². The molecule has 0 spiro atoms. The van der Waals surface area contributed by atoms with Gasteiger partial charge in [0.25, 0.3) is 0 Å². The molecular formula is C18H17BrO6. The highest BCUT2D eigenvalue weighted by molar-refractivity contribution is 9.09. The number of rotatable bonds is 5. The number of aromatic hydroxyl groups is 2. The minimum atomic E-state index is -0.562. The summed E-state index contributed by atoms with van der Waals surface area (Å²) in [5.41, 5.74) is 0.940. The maximum Gasteiger partial charge on any atom is 0.173 e. The van der Waals surface area contributed by atoms with Gasteiger partial charge in [-0.3, -0.25) is 4.79 Å². The average Bonchev–Trinajstić information content (AvgIpc) is 2.60. The zero-order valence-electron chi connectivity index (χ0n) is 13.5. The van der Waals surface area contributed by atoms with Crippen molar-refractivity contribution in [3.8, 4) is 28.7 Å². The summed E-state index contributed by atoms with van der Waals surface area (Å²) in [6.45, 7) is 0.363. The maximum atomic E-state index is 12.5. The number of fused-ring (bicyclic) bond motifs is 1. The quantitative estimate of drug-likeness (QED) is 0.735. The van der Waals surface area contributed by atoms with E-state index in [1.807, 2.05) is 0 Å². The summed E-state index contributed by atoms with van der Waals surface area (Å²) in [6, 6.07) is 7.66. The Labute approximate surface area is 153 Å². The van der Waals surface area contributed by atoms with E-state index in [1.54, 1.807) is 12.1 Å². The fourth-order valence-corrected chi connectivity index (χ4v) is 2.89. The number of alkyl halides is 1. The second-order valence-electron chi connectivity index (χ2n) is 5.52. The Balaban J connectivity index is 1.97. The maximum absolute atomic E-state index is 12.5. The molecule has 0 aliphatic carbocycles.